The third-order valence-corrected chi connectivity index (χ3v) is 4.49. The topological polar surface area (TPSA) is 100 Å². The molecule has 27 heavy (non-hydrogen) atoms. The first kappa shape index (κ1) is 17.0. The zero-order valence-electron chi connectivity index (χ0n) is 14.9. The van der Waals surface area contributed by atoms with Gasteiger partial charge in [0.1, 0.15) is 0 Å². The lowest BCUT2D eigenvalue weighted by atomic mass is 10.1. The van der Waals surface area contributed by atoms with Crippen molar-refractivity contribution < 1.29 is 9.59 Å². The summed E-state index contributed by atoms with van der Waals surface area (Å²) in [5.74, 6) is 0.805. The predicted molar refractivity (Wildman–Crippen MR) is 101 cm³/mol. The Hall–Kier alpha value is -3.42. The molecule has 1 fully saturated rings. The Balaban J connectivity index is 1.39. The van der Waals surface area contributed by atoms with Crippen LogP contribution in [0, 0.1) is 12.8 Å². The third kappa shape index (κ3) is 3.89. The van der Waals surface area contributed by atoms with E-state index in [0.29, 0.717) is 17.2 Å². The number of aromatic nitrogens is 3. The molecule has 138 valence electrons. The lowest BCUT2D eigenvalue weighted by Gasteiger charge is -2.12. The highest BCUT2D eigenvalue weighted by molar-refractivity contribution is 5.96. The number of pyridine rings is 1. The van der Waals surface area contributed by atoms with Gasteiger partial charge in [-0.05, 0) is 49.6 Å². The van der Waals surface area contributed by atoms with Crippen LogP contribution in [-0.2, 0) is 11.3 Å². The lowest BCUT2D eigenvalue weighted by Crippen LogP contribution is -2.29. The molecule has 0 aliphatic heterocycles. The Morgan fingerprint density at radius 3 is 2.81 bits per heavy atom. The van der Waals surface area contributed by atoms with E-state index >= 15 is 0 Å². The van der Waals surface area contributed by atoms with Gasteiger partial charge < -0.3 is 16.0 Å². The number of carbonyl (C=O) groups is 2. The summed E-state index contributed by atoms with van der Waals surface area (Å²) >= 11 is 0. The van der Waals surface area contributed by atoms with E-state index in [2.05, 4.69) is 26.1 Å². The van der Waals surface area contributed by atoms with Crippen molar-refractivity contribution in [2.24, 2.45) is 5.92 Å². The Labute approximate surface area is 156 Å². The minimum atomic E-state index is -0.351. The first-order valence-corrected chi connectivity index (χ1v) is 8.85. The SMILES string of the molecule is Cc1ccc(NC(=O)C2CC2)cc1NC(=O)NCc1nnc2ccccn12. The van der Waals surface area contributed by atoms with E-state index in [1.54, 1.807) is 6.07 Å². The standard InChI is InChI=1S/C19H20N6O2/c1-12-5-8-14(21-18(26)13-6-7-13)10-15(12)22-19(27)20-11-17-24-23-16-4-2-3-9-25(16)17/h2-5,8-10,13H,6-7,11H2,1H3,(H,21,26)(H2,20,22,27). The summed E-state index contributed by atoms with van der Waals surface area (Å²) in [7, 11) is 0. The van der Waals surface area contributed by atoms with Crippen LogP contribution in [0.5, 0.6) is 0 Å². The lowest BCUT2D eigenvalue weighted by molar-refractivity contribution is -0.117. The average molecular weight is 364 g/mol. The summed E-state index contributed by atoms with van der Waals surface area (Å²) in [5, 5.41) is 16.6. The van der Waals surface area contributed by atoms with Gasteiger partial charge in [0.2, 0.25) is 5.91 Å². The Bertz CT molecular complexity index is 1010. The molecular weight excluding hydrogens is 344 g/mol. The maximum absolute atomic E-state index is 12.3. The molecule has 8 heteroatoms. The maximum atomic E-state index is 12.3. The average Bonchev–Trinajstić information content (AvgIpc) is 3.44. The van der Waals surface area contributed by atoms with Gasteiger partial charge in [0, 0.05) is 23.5 Å². The van der Waals surface area contributed by atoms with Gasteiger partial charge in [0.05, 0.1) is 6.54 Å². The largest absolute Gasteiger partial charge is 0.331 e. The van der Waals surface area contributed by atoms with Gasteiger partial charge in [-0.1, -0.05) is 12.1 Å². The molecule has 2 aromatic heterocycles. The summed E-state index contributed by atoms with van der Waals surface area (Å²) in [6.45, 7) is 2.14. The second-order valence-electron chi connectivity index (χ2n) is 6.65. The van der Waals surface area contributed by atoms with Gasteiger partial charge in [-0.2, -0.15) is 0 Å². The van der Waals surface area contributed by atoms with Gasteiger partial charge in [-0.3, -0.25) is 9.20 Å². The molecule has 2 heterocycles. The van der Waals surface area contributed by atoms with Gasteiger partial charge in [0.25, 0.3) is 0 Å². The second-order valence-corrected chi connectivity index (χ2v) is 6.65. The molecule has 4 rings (SSSR count). The highest BCUT2D eigenvalue weighted by atomic mass is 16.2. The summed E-state index contributed by atoms with van der Waals surface area (Å²) in [6, 6.07) is 10.7. The molecule has 0 unspecified atom stereocenters. The minimum absolute atomic E-state index is 0.0351. The molecule has 3 aromatic rings. The van der Waals surface area contributed by atoms with Crippen molar-refractivity contribution in [3.63, 3.8) is 0 Å². The van der Waals surface area contributed by atoms with Gasteiger partial charge in [-0.15, -0.1) is 10.2 Å². The van der Waals surface area contributed by atoms with Crippen LogP contribution in [0.25, 0.3) is 5.65 Å². The number of aryl methyl sites for hydroxylation is 1. The summed E-state index contributed by atoms with van der Waals surface area (Å²) in [5.41, 5.74) is 2.95. The quantitative estimate of drug-likeness (QED) is 0.648. The smallest absolute Gasteiger partial charge is 0.319 e. The van der Waals surface area contributed by atoms with Crippen LogP contribution < -0.4 is 16.0 Å². The van der Waals surface area contributed by atoms with Gasteiger partial charge in [-0.25, -0.2) is 4.79 Å². The zero-order valence-corrected chi connectivity index (χ0v) is 14.9. The molecule has 1 saturated carbocycles. The van der Waals surface area contributed by atoms with Crippen molar-refractivity contribution in [1.82, 2.24) is 19.9 Å². The third-order valence-electron chi connectivity index (χ3n) is 4.49. The Kier molecular flexibility index (Phi) is 4.45. The van der Waals surface area contributed by atoms with Crippen LogP contribution in [0.15, 0.2) is 42.6 Å². The monoisotopic (exact) mass is 364 g/mol. The van der Waals surface area contributed by atoms with Crippen molar-refractivity contribution in [2.45, 2.75) is 26.3 Å². The number of hydrogen-bond acceptors (Lipinski definition) is 4. The van der Waals surface area contributed by atoms with Crippen molar-refractivity contribution >= 4 is 29.0 Å². The highest BCUT2D eigenvalue weighted by Crippen LogP contribution is 2.30. The molecule has 0 bridgehead atoms. The number of fused-ring (bicyclic) bond motifs is 1. The Morgan fingerprint density at radius 2 is 2.00 bits per heavy atom. The van der Waals surface area contributed by atoms with Crippen molar-refractivity contribution in [1.29, 1.82) is 0 Å². The van der Waals surface area contributed by atoms with Gasteiger partial charge in [0.15, 0.2) is 11.5 Å². The summed E-state index contributed by atoms with van der Waals surface area (Å²) in [6.07, 6.45) is 3.74. The van der Waals surface area contributed by atoms with E-state index in [1.807, 2.05) is 47.9 Å². The number of benzene rings is 1. The number of urea groups is 1. The molecule has 1 aliphatic carbocycles. The highest BCUT2D eigenvalue weighted by Gasteiger charge is 2.29. The van der Waals surface area contributed by atoms with Gasteiger partial charge >= 0.3 is 6.03 Å². The number of carbonyl (C=O) groups excluding carboxylic acids is 2. The molecule has 8 nitrogen and oxygen atoms in total. The van der Waals surface area contributed by atoms with E-state index in [4.69, 9.17) is 0 Å². The number of hydrogen-bond donors (Lipinski definition) is 3. The van der Waals surface area contributed by atoms with E-state index in [-0.39, 0.29) is 24.4 Å². The van der Waals surface area contributed by atoms with E-state index in [9.17, 15) is 9.59 Å². The Morgan fingerprint density at radius 1 is 1.15 bits per heavy atom. The molecule has 1 aliphatic rings. The minimum Gasteiger partial charge on any atom is -0.331 e. The first-order valence-electron chi connectivity index (χ1n) is 8.85. The fourth-order valence-electron chi connectivity index (χ4n) is 2.76. The van der Waals surface area contributed by atoms with Crippen LogP contribution in [0.2, 0.25) is 0 Å². The molecule has 0 radical (unpaired) electrons. The second kappa shape index (κ2) is 7.06. The molecular formula is C19H20N6O2. The molecule has 1 aromatic carbocycles. The fraction of sp³-hybridized carbons (Fsp3) is 0.263. The zero-order chi connectivity index (χ0) is 18.8. The van der Waals surface area contributed by atoms with Crippen molar-refractivity contribution in [3.8, 4) is 0 Å². The number of amides is 3. The molecule has 3 N–H and O–H groups in total. The molecule has 0 spiro atoms. The number of nitrogens with zero attached hydrogens (tertiary/aromatic N) is 3. The van der Waals surface area contributed by atoms with Crippen LogP contribution in [0.1, 0.15) is 24.2 Å². The first-order chi connectivity index (χ1) is 13.1. The number of anilines is 2. The maximum Gasteiger partial charge on any atom is 0.319 e. The molecule has 0 atom stereocenters. The fourth-order valence-corrected chi connectivity index (χ4v) is 2.76. The molecule has 3 amide bonds. The summed E-state index contributed by atoms with van der Waals surface area (Å²) < 4.78 is 1.82. The van der Waals surface area contributed by atoms with E-state index in [1.165, 1.54) is 0 Å². The van der Waals surface area contributed by atoms with E-state index < -0.39 is 0 Å². The van der Waals surface area contributed by atoms with Crippen LogP contribution in [-0.4, -0.2) is 26.5 Å². The normalized spacial score (nSPS) is 13.4. The van der Waals surface area contributed by atoms with E-state index in [0.717, 1.165) is 24.1 Å². The van der Waals surface area contributed by atoms with Crippen LogP contribution in [0.3, 0.4) is 0 Å². The number of nitrogens with one attached hydrogen (secondary N) is 3. The number of rotatable bonds is 5. The predicted octanol–water partition coefficient (Wildman–Crippen LogP) is 2.71. The van der Waals surface area contributed by atoms with Crippen molar-refractivity contribution in [2.75, 3.05) is 10.6 Å². The summed E-state index contributed by atoms with van der Waals surface area (Å²) in [4.78, 5) is 24.2. The van der Waals surface area contributed by atoms with Crippen LogP contribution in [0.4, 0.5) is 16.2 Å². The van der Waals surface area contributed by atoms with Crippen LogP contribution >= 0.6 is 0 Å². The van der Waals surface area contributed by atoms with Crippen molar-refractivity contribution in [3.05, 3.63) is 54.0 Å². The molecule has 0 saturated heterocycles.